The second kappa shape index (κ2) is 8.19. The molecule has 3 aromatic heterocycles. The van der Waals surface area contributed by atoms with E-state index in [1.807, 2.05) is 37.7 Å². The molecule has 174 valence electrons. The van der Waals surface area contributed by atoms with Crippen LogP contribution in [0.5, 0.6) is 0 Å². The topological polar surface area (TPSA) is 119 Å². The van der Waals surface area contributed by atoms with Crippen molar-refractivity contribution < 1.29 is 8.42 Å². The van der Waals surface area contributed by atoms with E-state index in [0.29, 0.717) is 17.4 Å². The first-order valence-electron chi connectivity index (χ1n) is 10.7. The molecule has 0 unspecified atom stereocenters. The maximum absolute atomic E-state index is 12.5. The van der Waals surface area contributed by atoms with Gasteiger partial charge in [0.25, 0.3) is 0 Å². The van der Waals surface area contributed by atoms with Gasteiger partial charge in [-0.25, -0.2) is 13.4 Å². The van der Waals surface area contributed by atoms with Gasteiger partial charge in [-0.05, 0) is 50.6 Å². The van der Waals surface area contributed by atoms with Gasteiger partial charge in [-0.2, -0.15) is 24.4 Å². The van der Waals surface area contributed by atoms with E-state index in [9.17, 15) is 8.42 Å². The molecule has 5 rings (SSSR count). The van der Waals surface area contributed by atoms with Gasteiger partial charge in [0.05, 0.1) is 28.5 Å². The fourth-order valence-electron chi connectivity index (χ4n) is 4.09. The Kier molecular flexibility index (Phi) is 5.29. The van der Waals surface area contributed by atoms with Crippen LogP contribution < -0.4 is 10.0 Å². The molecule has 0 aliphatic heterocycles. The summed E-state index contributed by atoms with van der Waals surface area (Å²) in [7, 11) is -1.73. The lowest BCUT2D eigenvalue weighted by Gasteiger charge is -2.10. The van der Waals surface area contributed by atoms with Crippen molar-refractivity contribution in [3.8, 4) is 11.1 Å². The van der Waals surface area contributed by atoms with Gasteiger partial charge in [0, 0.05) is 18.0 Å². The van der Waals surface area contributed by atoms with E-state index in [2.05, 4.69) is 36.3 Å². The van der Waals surface area contributed by atoms with Crippen molar-refractivity contribution >= 4 is 32.5 Å². The van der Waals surface area contributed by atoms with Gasteiger partial charge in [0.1, 0.15) is 5.82 Å². The zero-order chi connectivity index (χ0) is 24.0. The van der Waals surface area contributed by atoms with Crippen molar-refractivity contribution in [2.75, 3.05) is 12.0 Å². The van der Waals surface area contributed by atoms with Crippen molar-refractivity contribution in [1.29, 1.82) is 0 Å². The summed E-state index contributed by atoms with van der Waals surface area (Å²) < 4.78 is 31.0. The number of fused-ring (bicyclic) bond motifs is 2. The Labute approximate surface area is 196 Å². The van der Waals surface area contributed by atoms with Crippen LogP contribution in [0.2, 0.25) is 0 Å². The molecule has 10 nitrogen and oxygen atoms in total. The molecule has 2 N–H and O–H groups in total. The highest BCUT2D eigenvalue weighted by atomic mass is 32.2. The summed E-state index contributed by atoms with van der Waals surface area (Å²) in [5, 5.41) is 13.2. The molecular weight excluding hydrogens is 452 g/mol. The molecule has 34 heavy (non-hydrogen) atoms. The minimum absolute atomic E-state index is 0.0577. The minimum Gasteiger partial charge on any atom is -0.341 e. The standard InChI is InChI=1S/C23H24N8O2S/c1-14-19-12-17(10-11-20(19)30(4)28-14)21-15(2)29-31-22(21)26-16(3)27-23(31)24-13-25-34(32,33)18-8-6-5-7-9-18/h5-12,25H,13H2,1-4H3,(H,24,26,27). The van der Waals surface area contributed by atoms with Crippen molar-refractivity contribution in [1.82, 2.24) is 34.1 Å². The molecule has 5 aromatic rings. The number of sulfonamides is 1. The number of hydrogen-bond donors (Lipinski definition) is 2. The smallest absolute Gasteiger partial charge is 0.242 e. The molecule has 2 aromatic carbocycles. The molecule has 0 bridgehead atoms. The van der Waals surface area contributed by atoms with Gasteiger partial charge in [0.2, 0.25) is 16.0 Å². The summed E-state index contributed by atoms with van der Waals surface area (Å²) in [4.78, 5) is 9.27. The summed E-state index contributed by atoms with van der Waals surface area (Å²) in [6.45, 7) is 5.64. The van der Waals surface area contributed by atoms with E-state index in [1.165, 1.54) is 0 Å². The normalized spacial score (nSPS) is 12.0. The zero-order valence-electron chi connectivity index (χ0n) is 19.2. The average Bonchev–Trinajstić information content (AvgIpc) is 3.29. The first kappa shape index (κ1) is 22.0. The third-order valence-corrected chi connectivity index (χ3v) is 7.08. The maximum atomic E-state index is 12.5. The van der Waals surface area contributed by atoms with Crippen molar-refractivity contribution in [3.05, 3.63) is 65.7 Å². The number of hydrogen-bond acceptors (Lipinski definition) is 7. The molecule has 0 radical (unpaired) electrons. The van der Waals surface area contributed by atoms with E-state index >= 15 is 0 Å². The number of aromatic nitrogens is 6. The van der Waals surface area contributed by atoms with Crippen LogP contribution in [-0.4, -0.2) is 44.4 Å². The van der Waals surface area contributed by atoms with Gasteiger partial charge in [-0.15, -0.1) is 0 Å². The summed E-state index contributed by atoms with van der Waals surface area (Å²) in [6, 6.07) is 14.4. The molecule has 0 aliphatic rings. The Bertz CT molecular complexity index is 1640. The van der Waals surface area contributed by atoms with Crippen LogP contribution in [0.15, 0.2) is 53.4 Å². The Morgan fingerprint density at radius 2 is 1.71 bits per heavy atom. The Morgan fingerprint density at radius 1 is 0.941 bits per heavy atom. The monoisotopic (exact) mass is 476 g/mol. The fraction of sp³-hybridized carbons (Fsp3) is 0.217. The van der Waals surface area contributed by atoms with Gasteiger partial charge in [0.15, 0.2) is 5.65 Å². The quantitative estimate of drug-likeness (QED) is 0.362. The summed E-state index contributed by atoms with van der Waals surface area (Å²) in [5.74, 6) is 0.937. The third-order valence-electron chi connectivity index (χ3n) is 5.66. The summed E-state index contributed by atoms with van der Waals surface area (Å²) in [6.07, 6.45) is 0. The molecule has 0 saturated heterocycles. The second-order valence-electron chi connectivity index (χ2n) is 8.05. The lowest BCUT2D eigenvalue weighted by atomic mass is 10.0. The first-order valence-corrected chi connectivity index (χ1v) is 12.2. The zero-order valence-corrected chi connectivity index (χ0v) is 20.1. The lowest BCUT2D eigenvalue weighted by molar-refractivity contribution is 0.584. The fourth-order valence-corrected chi connectivity index (χ4v) is 5.03. The molecular formula is C23H24N8O2S. The summed E-state index contributed by atoms with van der Waals surface area (Å²) >= 11 is 0. The molecule has 0 saturated carbocycles. The predicted octanol–water partition coefficient (Wildman–Crippen LogP) is 2.95. The Morgan fingerprint density at radius 3 is 2.47 bits per heavy atom. The number of rotatable bonds is 6. The molecule has 3 heterocycles. The molecule has 0 fully saturated rings. The van der Waals surface area contributed by atoms with Crippen LogP contribution in [0.1, 0.15) is 17.2 Å². The van der Waals surface area contributed by atoms with Gasteiger partial charge in [-0.1, -0.05) is 24.3 Å². The van der Waals surface area contributed by atoms with Crippen molar-refractivity contribution in [3.63, 3.8) is 0 Å². The second-order valence-corrected chi connectivity index (χ2v) is 9.81. The third kappa shape index (κ3) is 3.78. The first-order chi connectivity index (χ1) is 16.2. The molecule has 0 amide bonds. The number of benzene rings is 2. The van der Waals surface area contributed by atoms with E-state index < -0.39 is 10.0 Å². The number of nitrogens with zero attached hydrogens (tertiary/aromatic N) is 6. The Hall–Kier alpha value is -3.83. The van der Waals surface area contributed by atoms with Gasteiger partial charge in [-0.3, -0.25) is 4.68 Å². The van der Waals surface area contributed by atoms with E-state index in [4.69, 9.17) is 0 Å². The van der Waals surface area contributed by atoms with E-state index in [-0.39, 0.29) is 11.6 Å². The molecule has 0 aliphatic carbocycles. The van der Waals surface area contributed by atoms with Crippen molar-refractivity contribution in [2.45, 2.75) is 25.7 Å². The highest BCUT2D eigenvalue weighted by molar-refractivity contribution is 7.89. The van der Waals surface area contributed by atoms with Crippen LogP contribution in [0.4, 0.5) is 5.95 Å². The molecule has 0 spiro atoms. The summed E-state index contributed by atoms with van der Waals surface area (Å²) in [5.41, 5.74) is 5.29. The maximum Gasteiger partial charge on any atom is 0.242 e. The lowest BCUT2D eigenvalue weighted by Crippen LogP contribution is -2.30. The van der Waals surface area contributed by atoms with Crippen LogP contribution in [0, 0.1) is 20.8 Å². The van der Waals surface area contributed by atoms with Gasteiger partial charge >= 0.3 is 0 Å². The highest BCUT2D eigenvalue weighted by Crippen LogP contribution is 2.31. The predicted molar refractivity (Wildman–Crippen MR) is 130 cm³/mol. The SMILES string of the molecule is Cc1nc(NCNS(=O)(=O)c2ccccc2)n2nc(C)c(-c3ccc4c(c3)c(C)nn4C)c2n1. The molecule has 0 atom stereocenters. The largest absolute Gasteiger partial charge is 0.341 e. The molecule has 11 heteroatoms. The average molecular weight is 477 g/mol. The minimum atomic E-state index is -3.66. The van der Waals surface area contributed by atoms with Gasteiger partial charge < -0.3 is 5.32 Å². The van der Waals surface area contributed by atoms with Crippen molar-refractivity contribution in [2.24, 2.45) is 7.05 Å². The highest BCUT2D eigenvalue weighted by Gasteiger charge is 2.19. The number of aryl methyl sites for hydroxylation is 4. The number of nitrogens with one attached hydrogen (secondary N) is 2. The van der Waals surface area contributed by atoms with Crippen LogP contribution in [0.3, 0.4) is 0 Å². The number of anilines is 1. The Balaban J connectivity index is 1.50. The van der Waals surface area contributed by atoms with Crippen LogP contribution in [0.25, 0.3) is 27.7 Å². The van der Waals surface area contributed by atoms with Crippen LogP contribution >= 0.6 is 0 Å². The van der Waals surface area contributed by atoms with E-state index in [0.717, 1.165) is 33.4 Å². The van der Waals surface area contributed by atoms with Crippen LogP contribution in [-0.2, 0) is 17.1 Å². The van der Waals surface area contributed by atoms with E-state index in [1.54, 1.807) is 41.8 Å².